The van der Waals surface area contributed by atoms with E-state index < -0.39 is 0 Å². The van der Waals surface area contributed by atoms with Gasteiger partial charge in [0, 0.05) is 18.5 Å². The number of hydrogen-bond acceptors (Lipinski definition) is 1. The van der Waals surface area contributed by atoms with E-state index in [1.807, 2.05) is 0 Å². The van der Waals surface area contributed by atoms with Crippen molar-refractivity contribution in [1.29, 1.82) is 0 Å². The van der Waals surface area contributed by atoms with Crippen LogP contribution in [0.4, 0.5) is 0 Å². The van der Waals surface area contributed by atoms with Gasteiger partial charge in [-0.05, 0) is 31.6 Å². The van der Waals surface area contributed by atoms with E-state index in [0.717, 1.165) is 17.4 Å². The summed E-state index contributed by atoms with van der Waals surface area (Å²) in [6.07, 6.45) is 11.1. The first kappa shape index (κ1) is 12.5. The third-order valence-corrected chi connectivity index (χ3v) is 4.45. The van der Waals surface area contributed by atoms with Crippen LogP contribution in [-0.2, 0) is 4.74 Å². The maximum atomic E-state index is 5.07. The Morgan fingerprint density at radius 3 is 2.71 bits per heavy atom. The largest absolute Gasteiger partial charge is 0.385 e. The lowest BCUT2D eigenvalue weighted by Gasteiger charge is -2.19. The van der Waals surface area contributed by atoms with Gasteiger partial charge in [-0.1, -0.05) is 41.6 Å². The number of hydrogen-bond donors (Lipinski definition) is 0. The van der Waals surface area contributed by atoms with Crippen LogP contribution in [-0.4, -0.2) is 18.5 Å². The Balaban J connectivity index is 2.13. The van der Waals surface area contributed by atoms with Crippen molar-refractivity contribution in [3.05, 3.63) is 0 Å². The first-order chi connectivity index (χ1) is 6.84. The molecule has 84 valence electrons. The summed E-state index contributed by atoms with van der Waals surface area (Å²) < 4.78 is 5.07. The molecule has 1 aliphatic carbocycles. The summed E-state index contributed by atoms with van der Waals surface area (Å²) in [4.78, 5) is 0.785. The van der Waals surface area contributed by atoms with Crippen molar-refractivity contribution in [1.82, 2.24) is 0 Å². The van der Waals surface area contributed by atoms with Gasteiger partial charge in [-0.3, -0.25) is 0 Å². The lowest BCUT2D eigenvalue weighted by molar-refractivity contribution is 0.189. The molecule has 1 fully saturated rings. The molecule has 0 radical (unpaired) electrons. The molecule has 0 aromatic heterocycles. The van der Waals surface area contributed by atoms with Crippen molar-refractivity contribution in [3.8, 4) is 0 Å². The number of halogens is 1. The zero-order valence-corrected chi connectivity index (χ0v) is 10.9. The Bertz CT molecular complexity index is 138. The van der Waals surface area contributed by atoms with E-state index in [1.54, 1.807) is 7.11 Å². The van der Waals surface area contributed by atoms with E-state index in [4.69, 9.17) is 4.74 Å². The van der Waals surface area contributed by atoms with Crippen LogP contribution in [0.1, 0.15) is 51.4 Å². The van der Waals surface area contributed by atoms with Gasteiger partial charge in [0.1, 0.15) is 0 Å². The number of ether oxygens (including phenoxy) is 1. The monoisotopic (exact) mass is 262 g/mol. The number of methoxy groups -OCH3 is 1. The predicted molar refractivity (Wildman–Crippen MR) is 65.0 cm³/mol. The first-order valence-electron chi connectivity index (χ1n) is 5.97. The molecule has 0 bridgehead atoms. The van der Waals surface area contributed by atoms with Crippen molar-refractivity contribution >= 4 is 15.9 Å². The Morgan fingerprint density at radius 1 is 1.14 bits per heavy atom. The molecule has 1 saturated carbocycles. The molecule has 2 heteroatoms. The molecule has 0 N–H and O–H groups in total. The van der Waals surface area contributed by atoms with Gasteiger partial charge in [0.05, 0.1) is 0 Å². The molecule has 1 aliphatic rings. The summed E-state index contributed by atoms with van der Waals surface area (Å²) in [6.45, 7) is 0.930. The Kier molecular flexibility index (Phi) is 6.88. The van der Waals surface area contributed by atoms with Crippen LogP contribution in [0, 0.1) is 5.92 Å². The highest BCUT2D eigenvalue weighted by molar-refractivity contribution is 9.09. The fourth-order valence-electron chi connectivity index (χ4n) is 2.32. The smallest absolute Gasteiger partial charge is 0.0462 e. The minimum Gasteiger partial charge on any atom is -0.385 e. The SMILES string of the molecule is COCCCCC1CCCCCC1Br. The van der Waals surface area contributed by atoms with Crippen LogP contribution >= 0.6 is 15.9 Å². The molecular formula is C12H23BrO. The van der Waals surface area contributed by atoms with Gasteiger partial charge in [0.15, 0.2) is 0 Å². The van der Waals surface area contributed by atoms with E-state index in [-0.39, 0.29) is 0 Å². The molecule has 2 atom stereocenters. The molecule has 0 aromatic carbocycles. The lowest BCUT2D eigenvalue weighted by Crippen LogP contribution is -2.12. The maximum Gasteiger partial charge on any atom is 0.0462 e. The van der Waals surface area contributed by atoms with E-state index in [2.05, 4.69) is 15.9 Å². The summed E-state index contributed by atoms with van der Waals surface area (Å²) >= 11 is 3.84. The average molecular weight is 263 g/mol. The normalized spacial score (nSPS) is 28.7. The van der Waals surface area contributed by atoms with Crippen LogP contribution in [0.2, 0.25) is 0 Å². The summed E-state index contributed by atoms with van der Waals surface area (Å²) in [6, 6.07) is 0. The van der Waals surface area contributed by atoms with Gasteiger partial charge in [-0.25, -0.2) is 0 Å². The van der Waals surface area contributed by atoms with Crippen LogP contribution < -0.4 is 0 Å². The van der Waals surface area contributed by atoms with Gasteiger partial charge in [0.2, 0.25) is 0 Å². The van der Waals surface area contributed by atoms with E-state index >= 15 is 0 Å². The van der Waals surface area contributed by atoms with Crippen molar-refractivity contribution in [2.75, 3.05) is 13.7 Å². The van der Waals surface area contributed by atoms with E-state index in [1.165, 1.54) is 51.4 Å². The van der Waals surface area contributed by atoms with Crippen LogP contribution in [0.3, 0.4) is 0 Å². The second kappa shape index (κ2) is 7.70. The van der Waals surface area contributed by atoms with Gasteiger partial charge in [-0.2, -0.15) is 0 Å². The number of alkyl halides is 1. The van der Waals surface area contributed by atoms with Gasteiger partial charge >= 0.3 is 0 Å². The van der Waals surface area contributed by atoms with Gasteiger partial charge < -0.3 is 4.74 Å². The summed E-state index contributed by atoms with van der Waals surface area (Å²) in [5.74, 6) is 0.925. The Hall–Kier alpha value is 0.440. The van der Waals surface area contributed by atoms with E-state index in [9.17, 15) is 0 Å². The highest BCUT2D eigenvalue weighted by Gasteiger charge is 2.20. The second-order valence-electron chi connectivity index (χ2n) is 4.40. The second-order valence-corrected chi connectivity index (χ2v) is 5.58. The molecule has 0 aliphatic heterocycles. The Labute approximate surface area is 96.7 Å². The molecule has 0 amide bonds. The highest BCUT2D eigenvalue weighted by Crippen LogP contribution is 2.32. The summed E-state index contributed by atoms with van der Waals surface area (Å²) in [5, 5.41) is 0. The molecule has 0 aromatic rings. The summed E-state index contributed by atoms with van der Waals surface area (Å²) in [5.41, 5.74) is 0. The van der Waals surface area contributed by atoms with E-state index in [0.29, 0.717) is 0 Å². The van der Waals surface area contributed by atoms with Crippen LogP contribution in [0.25, 0.3) is 0 Å². The molecule has 14 heavy (non-hydrogen) atoms. The fourth-order valence-corrected chi connectivity index (χ4v) is 3.17. The standard InChI is InChI=1S/C12H23BrO/c1-14-10-6-5-8-11-7-3-2-4-9-12(11)13/h11-12H,2-10H2,1H3. The first-order valence-corrected chi connectivity index (χ1v) is 6.89. The number of unbranched alkanes of at least 4 members (excludes halogenated alkanes) is 1. The molecule has 0 spiro atoms. The van der Waals surface area contributed by atoms with Crippen molar-refractivity contribution in [2.45, 2.75) is 56.2 Å². The fraction of sp³-hybridized carbons (Fsp3) is 1.00. The lowest BCUT2D eigenvalue weighted by atomic mass is 9.94. The van der Waals surface area contributed by atoms with Crippen LogP contribution in [0.15, 0.2) is 0 Å². The molecular weight excluding hydrogens is 240 g/mol. The quantitative estimate of drug-likeness (QED) is 0.411. The average Bonchev–Trinajstić information content (AvgIpc) is 2.39. The zero-order chi connectivity index (χ0) is 10.2. The topological polar surface area (TPSA) is 9.23 Å². The number of rotatable bonds is 5. The minimum atomic E-state index is 0.785. The maximum absolute atomic E-state index is 5.07. The van der Waals surface area contributed by atoms with Crippen molar-refractivity contribution < 1.29 is 4.74 Å². The summed E-state index contributed by atoms with van der Waals surface area (Å²) in [7, 11) is 1.79. The molecule has 0 saturated heterocycles. The molecule has 2 unspecified atom stereocenters. The molecule has 1 rings (SSSR count). The Morgan fingerprint density at radius 2 is 1.93 bits per heavy atom. The van der Waals surface area contributed by atoms with Crippen LogP contribution in [0.5, 0.6) is 0 Å². The third kappa shape index (κ3) is 4.79. The predicted octanol–water partition coefficient (Wildman–Crippen LogP) is 4.15. The molecule has 1 nitrogen and oxygen atoms in total. The third-order valence-electron chi connectivity index (χ3n) is 3.24. The van der Waals surface area contributed by atoms with Gasteiger partial charge in [-0.15, -0.1) is 0 Å². The minimum absolute atomic E-state index is 0.785. The van der Waals surface area contributed by atoms with Crippen molar-refractivity contribution in [2.24, 2.45) is 5.92 Å². The van der Waals surface area contributed by atoms with Crippen molar-refractivity contribution in [3.63, 3.8) is 0 Å². The van der Waals surface area contributed by atoms with Gasteiger partial charge in [0.25, 0.3) is 0 Å². The highest BCUT2D eigenvalue weighted by atomic mass is 79.9. The zero-order valence-electron chi connectivity index (χ0n) is 9.30. The molecule has 0 heterocycles.